The van der Waals surface area contributed by atoms with E-state index in [1.807, 2.05) is 10.9 Å². The van der Waals surface area contributed by atoms with Crippen molar-refractivity contribution in [1.29, 1.82) is 0 Å². The molecule has 0 bridgehead atoms. The maximum atomic E-state index is 11.0. The van der Waals surface area contributed by atoms with Crippen LogP contribution in [0.4, 0.5) is 5.69 Å². The first-order chi connectivity index (χ1) is 12.1. The van der Waals surface area contributed by atoms with Crippen LogP contribution < -0.4 is 4.74 Å². The van der Waals surface area contributed by atoms with Gasteiger partial charge in [0.25, 0.3) is 0 Å². The van der Waals surface area contributed by atoms with E-state index < -0.39 is 4.92 Å². The Morgan fingerprint density at radius 3 is 2.64 bits per heavy atom. The van der Waals surface area contributed by atoms with Gasteiger partial charge in [-0.2, -0.15) is 5.10 Å². The molecule has 0 unspecified atom stereocenters. The lowest BCUT2D eigenvalue weighted by atomic mass is 10.1. The van der Waals surface area contributed by atoms with E-state index in [9.17, 15) is 10.1 Å². The topological polar surface area (TPSA) is 76.7 Å². The summed E-state index contributed by atoms with van der Waals surface area (Å²) in [4.78, 5) is 15.3. The van der Waals surface area contributed by atoms with Gasteiger partial charge in [-0.05, 0) is 24.7 Å². The minimum Gasteiger partial charge on any atom is -0.490 e. The minimum absolute atomic E-state index is 0.0336. The number of nitro benzene ring substituents is 1. The number of aromatic nitrogens is 2. The highest BCUT2D eigenvalue weighted by atomic mass is 16.6. The first kappa shape index (κ1) is 17.4. The third-order valence-corrected chi connectivity index (χ3v) is 4.58. The molecule has 1 aliphatic rings. The van der Waals surface area contributed by atoms with Crippen LogP contribution in [0.2, 0.25) is 0 Å². The summed E-state index contributed by atoms with van der Waals surface area (Å²) in [7, 11) is 3.58. The molecular formula is C17H23N5O3. The molecule has 0 aliphatic carbocycles. The number of likely N-dealkylation sites (N-methyl/N-ethyl adjacent to an activating group) is 1. The number of benzene rings is 1. The van der Waals surface area contributed by atoms with Crippen molar-refractivity contribution in [2.75, 3.05) is 46.9 Å². The van der Waals surface area contributed by atoms with Gasteiger partial charge in [0.1, 0.15) is 0 Å². The van der Waals surface area contributed by atoms with Gasteiger partial charge >= 0.3 is 5.69 Å². The van der Waals surface area contributed by atoms with E-state index >= 15 is 0 Å². The van der Waals surface area contributed by atoms with Crippen molar-refractivity contribution in [2.24, 2.45) is 0 Å². The SMILES string of the molecule is COc1cc(-c2cnn(CCN3CCN(C)CC3)c2)ccc1[N+](=O)[O-]. The summed E-state index contributed by atoms with van der Waals surface area (Å²) in [5.41, 5.74) is 1.74. The highest BCUT2D eigenvalue weighted by Crippen LogP contribution is 2.31. The van der Waals surface area contributed by atoms with Crippen LogP contribution in [0.15, 0.2) is 30.6 Å². The molecule has 0 radical (unpaired) electrons. The van der Waals surface area contributed by atoms with Crippen LogP contribution in [0.5, 0.6) is 5.75 Å². The van der Waals surface area contributed by atoms with Crippen LogP contribution in [-0.2, 0) is 6.54 Å². The Kier molecular flexibility index (Phi) is 5.30. The molecule has 1 fully saturated rings. The van der Waals surface area contributed by atoms with Crippen molar-refractivity contribution in [3.05, 3.63) is 40.7 Å². The summed E-state index contributed by atoms with van der Waals surface area (Å²) in [6, 6.07) is 4.87. The zero-order valence-electron chi connectivity index (χ0n) is 14.6. The van der Waals surface area contributed by atoms with Gasteiger partial charge in [-0.1, -0.05) is 0 Å². The first-order valence-corrected chi connectivity index (χ1v) is 8.33. The van der Waals surface area contributed by atoms with Gasteiger partial charge in [0.2, 0.25) is 0 Å². The zero-order valence-corrected chi connectivity index (χ0v) is 14.6. The summed E-state index contributed by atoms with van der Waals surface area (Å²) in [6.45, 7) is 6.18. The number of hydrogen-bond donors (Lipinski definition) is 0. The van der Waals surface area contributed by atoms with E-state index in [0.29, 0.717) is 0 Å². The maximum Gasteiger partial charge on any atom is 0.310 e. The highest BCUT2D eigenvalue weighted by Gasteiger charge is 2.16. The van der Waals surface area contributed by atoms with Crippen molar-refractivity contribution in [1.82, 2.24) is 19.6 Å². The second-order valence-electron chi connectivity index (χ2n) is 6.28. The van der Waals surface area contributed by atoms with Crippen LogP contribution in [0.3, 0.4) is 0 Å². The van der Waals surface area contributed by atoms with Crippen molar-refractivity contribution in [3.8, 4) is 16.9 Å². The Labute approximate surface area is 146 Å². The van der Waals surface area contributed by atoms with E-state index in [1.54, 1.807) is 18.3 Å². The number of hydrogen-bond acceptors (Lipinski definition) is 6. The van der Waals surface area contributed by atoms with Gasteiger partial charge < -0.3 is 9.64 Å². The maximum absolute atomic E-state index is 11.0. The smallest absolute Gasteiger partial charge is 0.310 e. The fraction of sp³-hybridized carbons (Fsp3) is 0.471. The van der Waals surface area contributed by atoms with E-state index in [4.69, 9.17) is 4.74 Å². The fourth-order valence-corrected chi connectivity index (χ4v) is 2.96. The van der Waals surface area contributed by atoms with Crippen LogP contribution in [0.1, 0.15) is 0 Å². The molecule has 0 spiro atoms. The Hall–Kier alpha value is -2.45. The normalized spacial score (nSPS) is 16.1. The lowest BCUT2D eigenvalue weighted by Crippen LogP contribution is -2.45. The Bertz CT molecular complexity index is 738. The monoisotopic (exact) mass is 345 g/mol. The molecule has 0 amide bonds. The summed E-state index contributed by atoms with van der Waals surface area (Å²) in [6.07, 6.45) is 3.75. The van der Waals surface area contributed by atoms with Gasteiger partial charge in [-0.25, -0.2) is 0 Å². The van der Waals surface area contributed by atoms with Crippen molar-refractivity contribution in [3.63, 3.8) is 0 Å². The molecule has 1 saturated heterocycles. The second-order valence-corrected chi connectivity index (χ2v) is 6.28. The molecular weight excluding hydrogens is 322 g/mol. The van der Waals surface area contributed by atoms with Gasteiger partial charge in [-0.15, -0.1) is 0 Å². The minimum atomic E-state index is -0.442. The summed E-state index contributed by atoms with van der Waals surface area (Å²) >= 11 is 0. The van der Waals surface area contributed by atoms with Crippen molar-refractivity contribution in [2.45, 2.75) is 6.54 Å². The predicted octanol–water partition coefficient (Wildman–Crippen LogP) is 1.71. The molecule has 8 nitrogen and oxygen atoms in total. The Morgan fingerprint density at radius 2 is 1.96 bits per heavy atom. The summed E-state index contributed by atoms with van der Waals surface area (Å²) in [5.74, 6) is 0.257. The quantitative estimate of drug-likeness (QED) is 0.586. The second kappa shape index (κ2) is 7.62. The molecule has 0 atom stereocenters. The third kappa shape index (κ3) is 4.15. The molecule has 25 heavy (non-hydrogen) atoms. The molecule has 0 saturated carbocycles. The lowest BCUT2D eigenvalue weighted by molar-refractivity contribution is -0.385. The average Bonchev–Trinajstić information content (AvgIpc) is 3.09. The van der Waals surface area contributed by atoms with E-state index in [0.717, 1.165) is 50.4 Å². The van der Waals surface area contributed by atoms with Gasteiger partial charge in [0.05, 0.1) is 24.8 Å². The largest absolute Gasteiger partial charge is 0.490 e. The third-order valence-electron chi connectivity index (χ3n) is 4.58. The van der Waals surface area contributed by atoms with Gasteiger partial charge in [-0.3, -0.25) is 19.7 Å². The number of ether oxygens (including phenoxy) is 1. The van der Waals surface area contributed by atoms with Crippen LogP contribution in [-0.4, -0.2) is 71.4 Å². The van der Waals surface area contributed by atoms with Crippen molar-refractivity contribution < 1.29 is 9.66 Å². The number of rotatable bonds is 6. The summed E-state index contributed by atoms with van der Waals surface area (Å²) in [5, 5.41) is 15.4. The molecule has 1 aromatic heterocycles. The van der Waals surface area contributed by atoms with E-state index in [1.165, 1.54) is 13.2 Å². The Morgan fingerprint density at radius 1 is 1.20 bits per heavy atom. The molecule has 3 rings (SSSR count). The predicted molar refractivity (Wildman–Crippen MR) is 94.8 cm³/mol. The average molecular weight is 345 g/mol. The Balaban J connectivity index is 1.66. The number of nitro groups is 1. The molecule has 1 aromatic carbocycles. The number of methoxy groups -OCH3 is 1. The molecule has 0 N–H and O–H groups in total. The van der Waals surface area contributed by atoms with Crippen LogP contribution >= 0.6 is 0 Å². The fourth-order valence-electron chi connectivity index (χ4n) is 2.96. The standard InChI is InChI=1S/C17H23N5O3/c1-19-5-7-20(8-6-19)9-10-21-13-15(12-18-21)14-3-4-16(22(23)24)17(11-14)25-2/h3-4,11-13H,5-10H2,1-2H3. The molecule has 2 aromatic rings. The molecule has 1 aliphatic heterocycles. The lowest BCUT2D eigenvalue weighted by Gasteiger charge is -2.32. The molecule has 134 valence electrons. The number of nitrogens with zero attached hydrogens (tertiary/aromatic N) is 5. The van der Waals surface area contributed by atoms with E-state index in [-0.39, 0.29) is 11.4 Å². The highest BCUT2D eigenvalue weighted by molar-refractivity contribution is 5.67. The summed E-state index contributed by atoms with van der Waals surface area (Å²) < 4.78 is 7.05. The van der Waals surface area contributed by atoms with Crippen molar-refractivity contribution >= 4 is 5.69 Å². The first-order valence-electron chi connectivity index (χ1n) is 8.33. The van der Waals surface area contributed by atoms with Gasteiger partial charge in [0, 0.05) is 50.6 Å². The molecule has 2 heterocycles. The van der Waals surface area contributed by atoms with E-state index in [2.05, 4.69) is 21.9 Å². The van der Waals surface area contributed by atoms with Crippen LogP contribution in [0.25, 0.3) is 11.1 Å². The number of piperazine rings is 1. The zero-order chi connectivity index (χ0) is 17.8. The van der Waals surface area contributed by atoms with Gasteiger partial charge in [0.15, 0.2) is 5.75 Å². The molecule has 8 heteroatoms. The van der Waals surface area contributed by atoms with Crippen LogP contribution in [0, 0.1) is 10.1 Å².